The minimum atomic E-state index is 0.991. The Kier molecular flexibility index (Phi) is 2.39. The third-order valence-corrected chi connectivity index (χ3v) is 6.30. The van der Waals surface area contributed by atoms with Gasteiger partial charge in [0.15, 0.2) is 0 Å². The van der Waals surface area contributed by atoms with Crippen molar-refractivity contribution < 1.29 is 4.42 Å². The number of fused-ring (bicyclic) bond motifs is 8. The summed E-state index contributed by atoms with van der Waals surface area (Å²) in [5.74, 6) is 1.14. The van der Waals surface area contributed by atoms with Gasteiger partial charge < -0.3 is 4.42 Å². The molecule has 5 aromatic rings. The number of hydrogen-bond donors (Lipinski definition) is 0. The largest absolute Gasteiger partial charge is 0.460 e. The zero-order valence-corrected chi connectivity index (χ0v) is 13.8. The maximum atomic E-state index is 6.12. The molecule has 2 heterocycles. The third-order valence-electron chi connectivity index (χ3n) is 5.16. The van der Waals surface area contributed by atoms with Crippen molar-refractivity contribution >= 4 is 42.5 Å². The molecule has 0 amide bonds. The van der Waals surface area contributed by atoms with E-state index in [2.05, 4.69) is 54.6 Å². The van der Waals surface area contributed by atoms with Crippen LogP contribution in [0.4, 0.5) is 0 Å². The van der Waals surface area contributed by atoms with Gasteiger partial charge in [-0.15, -0.1) is 11.3 Å². The van der Waals surface area contributed by atoms with E-state index in [1.54, 1.807) is 0 Å². The molecule has 0 spiro atoms. The summed E-state index contributed by atoms with van der Waals surface area (Å²) in [5.41, 5.74) is 5.13. The third kappa shape index (κ3) is 1.59. The Hall–Kier alpha value is -2.58. The fourth-order valence-electron chi connectivity index (χ4n) is 4.07. The quantitative estimate of drug-likeness (QED) is 0.314. The Morgan fingerprint density at radius 2 is 1.58 bits per heavy atom. The molecule has 0 unspecified atom stereocenters. The van der Waals surface area contributed by atoms with Crippen molar-refractivity contribution in [3.05, 3.63) is 72.0 Å². The van der Waals surface area contributed by atoms with E-state index >= 15 is 0 Å². The lowest BCUT2D eigenvalue weighted by Gasteiger charge is -2.16. The number of rotatable bonds is 0. The van der Waals surface area contributed by atoms with Gasteiger partial charge in [0.2, 0.25) is 0 Å². The normalized spacial score (nSPS) is 13.5. The van der Waals surface area contributed by atoms with Crippen LogP contribution in [-0.2, 0) is 12.8 Å². The molecule has 0 aliphatic heterocycles. The van der Waals surface area contributed by atoms with Crippen LogP contribution in [0.15, 0.2) is 65.1 Å². The van der Waals surface area contributed by atoms with E-state index in [-0.39, 0.29) is 0 Å². The van der Waals surface area contributed by atoms with E-state index in [1.807, 2.05) is 17.4 Å². The van der Waals surface area contributed by atoms with Crippen LogP contribution in [0, 0.1) is 0 Å². The van der Waals surface area contributed by atoms with E-state index < -0.39 is 0 Å². The van der Waals surface area contributed by atoms with Gasteiger partial charge in [-0.3, -0.25) is 0 Å². The molecule has 1 aliphatic carbocycles. The minimum Gasteiger partial charge on any atom is -0.460 e. The van der Waals surface area contributed by atoms with Gasteiger partial charge in [-0.1, -0.05) is 36.4 Å². The number of hydrogen-bond acceptors (Lipinski definition) is 2. The molecule has 0 N–H and O–H groups in total. The lowest BCUT2D eigenvalue weighted by Crippen LogP contribution is -2.01. The number of furan rings is 1. The highest BCUT2D eigenvalue weighted by molar-refractivity contribution is 7.25. The van der Waals surface area contributed by atoms with E-state index in [0.717, 1.165) is 24.2 Å². The van der Waals surface area contributed by atoms with Crippen molar-refractivity contribution in [3.8, 4) is 11.1 Å². The molecular weight excluding hydrogens is 312 g/mol. The molecule has 1 nitrogen and oxygen atoms in total. The molecule has 0 saturated carbocycles. The summed E-state index contributed by atoms with van der Waals surface area (Å²) in [6.07, 6.45) is 2.05. The summed E-state index contributed by atoms with van der Waals surface area (Å²) < 4.78 is 8.86. The van der Waals surface area contributed by atoms with Gasteiger partial charge in [-0.05, 0) is 41.8 Å². The van der Waals surface area contributed by atoms with Gasteiger partial charge in [0.25, 0.3) is 0 Å². The standard InChI is InChI=1S/C22H14OS/c1-3-7-18-15(6-1)22-16-12-21-17(11-13(16)9-10-19(22)23-18)14-5-2-4-8-20(14)24-21/h1-8,11-12H,9-10H2. The summed E-state index contributed by atoms with van der Waals surface area (Å²) >= 11 is 1.89. The number of benzene rings is 3. The van der Waals surface area contributed by atoms with Crippen LogP contribution in [0.2, 0.25) is 0 Å². The Morgan fingerprint density at radius 1 is 0.750 bits per heavy atom. The molecule has 0 radical (unpaired) electrons. The predicted octanol–water partition coefficient (Wildman–Crippen LogP) is 6.57. The summed E-state index contributed by atoms with van der Waals surface area (Å²) in [6.45, 7) is 0. The maximum Gasteiger partial charge on any atom is 0.134 e. The van der Waals surface area contributed by atoms with Crippen LogP contribution in [0.1, 0.15) is 11.3 Å². The zero-order chi connectivity index (χ0) is 15.7. The molecule has 2 heteroatoms. The Labute approximate surface area is 143 Å². The fourth-order valence-corrected chi connectivity index (χ4v) is 5.20. The van der Waals surface area contributed by atoms with Crippen LogP contribution in [0.5, 0.6) is 0 Å². The van der Waals surface area contributed by atoms with Crippen molar-refractivity contribution in [2.75, 3.05) is 0 Å². The lowest BCUT2D eigenvalue weighted by molar-refractivity contribution is 0.546. The lowest BCUT2D eigenvalue weighted by atomic mass is 9.87. The Bertz CT molecular complexity index is 1260. The second-order valence-electron chi connectivity index (χ2n) is 6.50. The molecular formula is C22H14OS. The van der Waals surface area contributed by atoms with Gasteiger partial charge in [-0.25, -0.2) is 0 Å². The molecule has 2 aromatic heterocycles. The SMILES string of the molecule is c1ccc2c3c(oc2c1)CCc1cc2c(cc1-3)sc1ccccc12. The van der Waals surface area contributed by atoms with E-state index in [9.17, 15) is 0 Å². The molecule has 24 heavy (non-hydrogen) atoms. The highest BCUT2D eigenvalue weighted by atomic mass is 32.1. The average molecular weight is 326 g/mol. The molecule has 0 atom stereocenters. The molecule has 3 aromatic carbocycles. The number of aryl methyl sites for hydroxylation is 2. The van der Waals surface area contributed by atoms with Gasteiger partial charge >= 0.3 is 0 Å². The van der Waals surface area contributed by atoms with Gasteiger partial charge in [-0.2, -0.15) is 0 Å². The van der Waals surface area contributed by atoms with Crippen LogP contribution in [0.3, 0.4) is 0 Å². The number of para-hydroxylation sites is 1. The molecule has 0 fully saturated rings. The van der Waals surface area contributed by atoms with Crippen LogP contribution < -0.4 is 0 Å². The van der Waals surface area contributed by atoms with Crippen molar-refractivity contribution in [1.29, 1.82) is 0 Å². The second-order valence-corrected chi connectivity index (χ2v) is 7.58. The first-order valence-corrected chi connectivity index (χ1v) is 9.15. The Balaban J connectivity index is 1.74. The second kappa shape index (κ2) is 4.49. The topological polar surface area (TPSA) is 13.1 Å². The zero-order valence-electron chi connectivity index (χ0n) is 13.0. The Morgan fingerprint density at radius 3 is 2.54 bits per heavy atom. The van der Waals surface area contributed by atoms with Gasteiger partial charge in [0, 0.05) is 37.5 Å². The average Bonchev–Trinajstić information content (AvgIpc) is 3.17. The highest BCUT2D eigenvalue weighted by Gasteiger charge is 2.23. The van der Waals surface area contributed by atoms with Crippen LogP contribution >= 0.6 is 11.3 Å². The molecule has 1 aliphatic rings. The van der Waals surface area contributed by atoms with E-state index in [0.29, 0.717) is 0 Å². The summed E-state index contributed by atoms with van der Waals surface area (Å²) in [5, 5.41) is 4.02. The van der Waals surface area contributed by atoms with Gasteiger partial charge in [0.1, 0.15) is 11.3 Å². The first-order valence-electron chi connectivity index (χ1n) is 8.33. The minimum absolute atomic E-state index is 0.991. The van der Waals surface area contributed by atoms with E-state index in [1.165, 1.54) is 42.2 Å². The van der Waals surface area contributed by atoms with Crippen LogP contribution in [0.25, 0.3) is 42.3 Å². The molecule has 6 rings (SSSR count). The first-order chi connectivity index (χ1) is 11.9. The maximum absolute atomic E-state index is 6.12. The monoisotopic (exact) mass is 326 g/mol. The highest BCUT2D eigenvalue weighted by Crippen LogP contribution is 2.44. The van der Waals surface area contributed by atoms with Crippen molar-refractivity contribution in [1.82, 2.24) is 0 Å². The summed E-state index contributed by atoms with van der Waals surface area (Å²) in [4.78, 5) is 0. The summed E-state index contributed by atoms with van der Waals surface area (Å²) in [7, 11) is 0. The molecule has 114 valence electrons. The molecule has 0 saturated heterocycles. The predicted molar refractivity (Wildman–Crippen MR) is 102 cm³/mol. The fraction of sp³-hybridized carbons (Fsp3) is 0.0909. The van der Waals surface area contributed by atoms with Gasteiger partial charge in [0.05, 0.1) is 0 Å². The number of thiophene rings is 1. The van der Waals surface area contributed by atoms with Crippen LogP contribution in [-0.4, -0.2) is 0 Å². The van der Waals surface area contributed by atoms with Crippen molar-refractivity contribution in [3.63, 3.8) is 0 Å². The van der Waals surface area contributed by atoms with Crippen molar-refractivity contribution in [2.45, 2.75) is 12.8 Å². The first kappa shape index (κ1) is 12.8. The smallest absolute Gasteiger partial charge is 0.134 e. The van der Waals surface area contributed by atoms with Crippen molar-refractivity contribution in [2.24, 2.45) is 0 Å². The summed E-state index contributed by atoms with van der Waals surface area (Å²) in [6, 6.07) is 21.9. The van der Waals surface area contributed by atoms with E-state index in [4.69, 9.17) is 4.42 Å². The molecule has 0 bridgehead atoms.